The van der Waals surface area contributed by atoms with E-state index in [0.717, 1.165) is 31.1 Å². The smallest absolute Gasteiger partial charge is 0.165 e. The lowest BCUT2D eigenvalue weighted by Crippen LogP contribution is -2.74. The predicted molar refractivity (Wildman–Crippen MR) is 89.8 cm³/mol. The van der Waals surface area contributed by atoms with Gasteiger partial charge in [-0.3, -0.25) is 0 Å². The molecular weight excluding hydrogens is 302 g/mol. The molecule has 1 aromatic carbocycles. The van der Waals surface area contributed by atoms with E-state index in [1.165, 1.54) is 24.0 Å². The van der Waals surface area contributed by atoms with E-state index >= 15 is 0 Å². The largest absolute Gasteiger partial charge is 0.493 e. The van der Waals surface area contributed by atoms with Crippen molar-refractivity contribution in [3.63, 3.8) is 0 Å². The maximum absolute atomic E-state index is 6.67. The zero-order valence-electron chi connectivity index (χ0n) is 14.7. The minimum absolute atomic E-state index is 0.138. The van der Waals surface area contributed by atoms with Crippen LogP contribution in [0.4, 0.5) is 0 Å². The van der Waals surface area contributed by atoms with Crippen LogP contribution < -0.4 is 9.47 Å². The van der Waals surface area contributed by atoms with Crippen LogP contribution in [0.5, 0.6) is 11.5 Å². The molecule has 2 aliphatic carbocycles. The maximum atomic E-state index is 6.67. The number of piperidine rings is 1. The zero-order valence-corrected chi connectivity index (χ0v) is 14.7. The second-order valence-electron chi connectivity index (χ2n) is 8.91. The van der Waals surface area contributed by atoms with Crippen LogP contribution in [-0.2, 0) is 16.6 Å². The van der Waals surface area contributed by atoms with Gasteiger partial charge in [0.1, 0.15) is 12.2 Å². The molecule has 3 fully saturated rings. The molecule has 1 saturated carbocycles. The van der Waals surface area contributed by atoms with Crippen molar-refractivity contribution in [1.82, 2.24) is 4.90 Å². The van der Waals surface area contributed by atoms with E-state index in [2.05, 4.69) is 31.0 Å². The van der Waals surface area contributed by atoms with Crippen LogP contribution in [0.1, 0.15) is 30.9 Å². The van der Waals surface area contributed by atoms with Gasteiger partial charge in [0, 0.05) is 22.4 Å². The van der Waals surface area contributed by atoms with Crippen LogP contribution in [0.15, 0.2) is 12.1 Å². The standard InChI is InChI=1S/C20H25NO3/c1-19-9-12-13-8-11-4-5-14(22-3)16-15(11)20(12,6-7-21(13)2)18(24-16)17(19)23-10-19/h4-5,12-13,17-18H,6-10H2,1-3H3/t12?,13-,17+,18+,19+,20+/m1/s1. The van der Waals surface area contributed by atoms with E-state index in [1.54, 1.807) is 7.11 Å². The van der Waals surface area contributed by atoms with Crippen molar-refractivity contribution in [2.75, 3.05) is 27.3 Å². The van der Waals surface area contributed by atoms with Crippen molar-refractivity contribution < 1.29 is 14.2 Å². The van der Waals surface area contributed by atoms with Crippen molar-refractivity contribution in [1.29, 1.82) is 0 Å². The highest BCUT2D eigenvalue weighted by atomic mass is 16.6. The Hall–Kier alpha value is -1.26. The summed E-state index contributed by atoms with van der Waals surface area (Å²) in [5.41, 5.74) is 3.36. The van der Waals surface area contributed by atoms with Gasteiger partial charge < -0.3 is 19.1 Å². The van der Waals surface area contributed by atoms with E-state index in [9.17, 15) is 0 Å². The lowest BCUT2D eigenvalue weighted by atomic mass is 9.46. The number of likely N-dealkylation sites (tertiary alicyclic amines) is 1. The molecule has 1 spiro atoms. The zero-order chi connectivity index (χ0) is 16.3. The van der Waals surface area contributed by atoms with E-state index in [-0.39, 0.29) is 23.0 Å². The first-order valence-corrected chi connectivity index (χ1v) is 9.27. The number of hydrogen-bond acceptors (Lipinski definition) is 4. The van der Waals surface area contributed by atoms with Gasteiger partial charge >= 0.3 is 0 Å². The predicted octanol–water partition coefficient (Wildman–Crippen LogP) is 2.38. The molecule has 2 bridgehead atoms. The van der Waals surface area contributed by atoms with Gasteiger partial charge in [-0.1, -0.05) is 13.0 Å². The lowest BCUT2D eigenvalue weighted by Gasteiger charge is -2.66. The number of likely N-dealkylation sites (N-methyl/N-ethyl adjacent to an activating group) is 1. The number of hydrogen-bond donors (Lipinski definition) is 0. The van der Waals surface area contributed by atoms with E-state index in [1.807, 2.05) is 0 Å². The Morgan fingerprint density at radius 2 is 2.17 bits per heavy atom. The van der Waals surface area contributed by atoms with Crippen LogP contribution in [0.25, 0.3) is 0 Å². The Balaban J connectivity index is 1.63. The molecule has 0 N–H and O–H groups in total. The first-order chi connectivity index (χ1) is 11.6. The first-order valence-electron chi connectivity index (χ1n) is 9.27. The molecular formula is C20H25NO3. The summed E-state index contributed by atoms with van der Waals surface area (Å²) in [5.74, 6) is 2.59. The van der Waals surface area contributed by atoms with Crippen LogP contribution in [0.3, 0.4) is 0 Å². The summed E-state index contributed by atoms with van der Waals surface area (Å²) in [6, 6.07) is 5.01. The summed E-state index contributed by atoms with van der Waals surface area (Å²) in [5, 5.41) is 0. The summed E-state index contributed by atoms with van der Waals surface area (Å²) >= 11 is 0. The number of rotatable bonds is 1. The molecule has 6 rings (SSSR count). The van der Waals surface area contributed by atoms with E-state index in [0.29, 0.717) is 12.0 Å². The number of nitrogens with zero attached hydrogens (tertiary/aromatic N) is 1. The van der Waals surface area contributed by atoms with Gasteiger partial charge in [0.25, 0.3) is 0 Å². The van der Waals surface area contributed by atoms with Crippen LogP contribution in [-0.4, -0.2) is 50.5 Å². The van der Waals surface area contributed by atoms with Crippen LogP contribution >= 0.6 is 0 Å². The highest BCUT2D eigenvalue weighted by molar-refractivity contribution is 5.61. The van der Waals surface area contributed by atoms with Crippen molar-refractivity contribution in [2.24, 2.45) is 11.3 Å². The molecule has 6 atom stereocenters. The SMILES string of the molecule is COc1ccc2c3c1O[C@H]1[C@@H]4OC[C@]4(C)CC4[C@@H](C2)N(C)CC[C@@]341. The molecule has 4 nitrogen and oxygen atoms in total. The number of ether oxygens (including phenoxy) is 3. The molecule has 0 aromatic heterocycles. The van der Waals surface area contributed by atoms with E-state index in [4.69, 9.17) is 14.2 Å². The average Bonchev–Trinajstić information content (AvgIpc) is 2.88. The Morgan fingerprint density at radius 1 is 1.29 bits per heavy atom. The molecule has 3 heterocycles. The molecule has 5 aliphatic rings. The van der Waals surface area contributed by atoms with Gasteiger partial charge in [-0.15, -0.1) is 0 Å². The third-order valence-electron chi connectivity index (χ3n) is 7.89. The third-order valence-corrected chi connectivity index (χ3v) is 7.89. The van der Waals surface area contributed by atoms with Crippen molar-refractivity contribution in [2.45, 2.75) is 49.9 Å². The van der Waals surface area contributed by atoms with Crippen molar-refractivity contribution in [3.05, 3.63) is 23.3 Å². The second-order valence-corrected chi connectivity index (χ2v) is 8.91. The Morgan fingerprint density at radius 3 is 2.92 bits per heavy atom. The third kappa shape index (κ3) is 1.30. The molecule has 128 valence electrons. The molecule has 2 saturated heterocycles. The Kier molecular flexibility index (Phi) is 2.39. The molecule has 0 amide bonds. The normalized spacial score (nSPS) is 47.3. The Labute approximate surface area is 143 Å². The van der Waals surface area contributed by atoms with E-state index < -0.39 is 0 Å². The Bertz CT molecular complexity index is 749. The first kappa shape index (κ1) is 14.0. The monoisotopic (exact) mass is 327 g/mol. The topological polar surface area (TPSA) is 30.9 Å². The fourth-order valence-electron chi connectivity index (χ4n) is 6.73. The molecule has 1 unspecified atom stereocenters. The maximum Gasteiger partial charge on any atom is 0.165 e. The molecule has 4 heteroatoms. The highest BCUT2D eigenvalue weighted by Gasteiger charge is 2.72. The number of fused-ring (bicyclic) bond motifs is 2. The van der Waals surface area contributed by atoms with Gasteiger partial charge in [-0.2, -0.15) is 0 Å². The number of methoxy groups -OCH3 is 1. The molecule has 3 aliphatic heterocycles. The average molecular weight is 327 g/mol. The van der Waals surface area contributed by atoms with Crippen LogP contribution in [0, 0.1) is 11.3 Å². The van der Waals surface area contributed by atoms with Gasteiger partial charge in [-0.05, 0) is 50.4 Å². The second kappa shape index (κ2) is 4.10. The highest BCUT2D eigenvalue weighted by Crippen LogP contribution is 2.68. The summed E-state index contributed by atoms with van der Waals surface area (Å²) in [7, 11) is 4.06. The van der Waals surface area contributed by atoms with Gasteiger partial charge in [0.05, 0.1) is 13.7 Å². The van der Waals surface area contributed by atoms with Crippen molar-refractivity contribution >= 4 is 0 Å². The van der Waals surface area contributed by atoms with Gasteiger partial charge in [-0.25, -0.2) is 0 Å². The summed E-state index contributed by atoms with van der Waals surface area (Å²) in [6.45, 7) is 4.45. The summed E-state index contributed by atoms with van der Waals surface area (Å²) < 4.78 is 18.4. The molecule has 0 radical (unpaired) electrons. The number of benzene rings is 1. The summed E-state index contributed by atoms with van der Waals surface area (Å²) in [4.78, 5) is 2.60. The fraction of sp³-hybridized carbons (Fsp3) is 0.700. The molecule has 24 heavy (non-hydrogen) atoms. The van der Waals surface area contributed by atoms with Gasteiger partial charge in [0.2, 0.25) is 0 Å². The minimum Gasteiger partial charge on any atom is -0.493 e. The fourth-order valence-corrected chi connectivity index (χ4v) is 6.73. The van der Waals surface area contributed by atoms with Gasteiger partial charge in [0.15, 0.2) is 11.5 Å². The minimum atomic E-state index is 0.138. The summed E-state index contributed by atoms with van der Waals surface area (Å²) in [6.07, 6.45) is 3.99. The lowest BCUT2D eigenvalue weighted by molar-refractivity contribution is -0.270. The van der Waals surface area contributed by atoms with Crippen LogP contribution in [0.2, 0.25) is 0 Å². The molecule has 1 aromatic rings. The quantitative estimate of drug-likeness (QED) is 0.792. The van der Waals surface area contributed by atoms with Crippen molar-refractivity contribution in [3.8, 4) is 11.5 Å².